The zero-order valence-electron chi connectivity index (χ0n) is 15.5. The maximum atomic E-state index is 5.42. The lowest BCUT2D eigenvalue weighted by molar-refractivity contribution is 0.413. The van der Waals surface area contributed by atoms with E-state index in [0.29, 0.717) is 0 Å². The van der Waals surface area contributed by atoms with Gasteiger partial charge in [0.2, 0.25) is 0 Å². The Balaban J connectivity index is 1.89. The average molecular weight is 334 g/mol. The van der Waals surface area contributed by atoms with Crippen LogP contribution in [0.2, 0.25) is 0 Å². The summed E-state index contributed by atoms with van der Waals surface area (Å²) in [6, 6.07) is 11.3. The Kier molecular flexibility index (Phi) is 4.04. The van der Waals surface area contributed by atoms with Gasteiger partial charge in [0.15, 0.2) is 0 Å². The number of benzene rings is 2. The van der Waals surface area contributed by atoms with Crippen LogP contribution in [0, 0.1) is 13.8 Å². The van der Waals surface area contributed by atoms with Crippen LogP contribution in [-0.4, -0.2) is 18.6 Å². The predicted molar refractivity (Wildman–Crippen MR) is 104 cm³/mol. The summed E-state index contributed by atoms with van der Waals surface area (Å²) in [4.78, 5) is 3.75. The summed E-state index contributed by atoms with van der Waals surface area (Å²) >= 11 is 0. The first-order valence-corrected chi connectivity index (χ1v) is 9.14. The molecule has 1 aliphatic rings. The van der Waals surface area contributed by atoms with Gasteiger partial charge in [-0.05, 0) is 67.1 Å². The molecule has 0 spiro atoms. The Morgan fingerprint density at radius 2 is 2.00 bits per heavy atom. The van der Waals surface area contributed by atoms with Crippen LogP contribution in [0.5, 0.6) is 5.75 Å². The van der Waals surface area contributed by atoms with Crippen LogP contribution >= 0.6 is 0 Å². The van der Waals surface area contributed by atoms with Crippen LogP contribution in [0.4, 0.5) is 0 Å². The molecule has 1 atom stereocenters. The minimum absolute atomic E-state index is 0.219. The van der Waals surface area contributed by atoms with E-state index in [2.05, 4.69) is 61.4 Å². The molecule has 0 aliphatic carbocycles. The topological polar surface area (TPSA) is 37.0 Å². The second-order valence-electron chi connectivity index (χ2n) is 7.08. The molecule has 1 aromatic heterocycles. The summed E-state index contributed by atoms with van der Waals surface area (Å²) < 4.78 is 5.42. The number of ether oxygens (including phenoxy) is 1. The van der Waals surface area contributed by atoms with Crippen molar-refractivity contribution in [1.29, 1.82) is 0 Å². The molecule has 2 heterocycles. The molecular weight excluding hydrogens is 308 g/mol. The number of hydrogen-bond donors (Lipinski definition) is 2. The van der Waals surface area contributed by atoms with Crippen molar-refractivity contribution >= 4 is 10.9 Å². The molecule has 0 bridgehead atoms. The van der Waals surface area contributed by atoms with Crippen molar-refractivity contribution in [2.24, 2.45) is 0 Å². The number of aryl methyl sites for hydroxylation is 3. The Morgan fingerprint density at radius 3 is 2.76 bits per heavy atom. The van der Waals surface area contributed by atoms with E-state index >= 15 is 0 Å². The fraction of sp³-hybridized carbons (Fsp3) is 0.364. The maximum Gasteiger partial charge on any atom is 0.119 e. The standard InChI is InChI=1S/C22H26N2O/c1-5-15-12-16(25-4)6-7-17(15)21-22-18(8-9-23-21)19-11-13(2)10-14(3)20(19)24-22/h6-7,10-12,21,23-24H,5,8-9H2,1-4H3. The molecule has 0 fully saturated rings. The largest absolute Gasteiger partial charge is 0.497 e. The molecule has 1 aliphatic heterocycles. The van der Waals surface area contributed by atoms with Gasteiger partial charge in [-0.3, -0.25) is 0 Å². The van der Waals surface area contributed by atoms with E-state index in [4.69, 9.17) is 4.74 Å². The van der Waals surface area contributed by atoms with Gasteiger partial charge in [-0.1, -0.05) is 24.6 Å². The van der Waals surface area contributed by atoms with E-state index in [1.807, 2.05) is 0 Å². The lowest BCUT2D eigenvalue weighted by Crippen LogP contribution is -2.31. The molecule has 4 rings (SSSR count). The SMILES string of the molecule is CCc1cc(OC)ccc1C1NCCc2c1[nH]c1c(C)cc(C)cc21. The van der Waals surface area contributed by atoms with Gasteiger partial charge in [-0.2, -0.15) is 0 Å². The molecule has 130 valence electrons. The van der Waals surface area contributed by atoms with Gasteiger partial charge < -0.3 is 15.0 Å². The summed E-state index contributed by atoms with van der Waals surface area (Å²) in [6.45, 7) is 7.60. The Morgan fingerprint density at radius 1 is 1.16 bits per heavy atom. The second kappa shape index (κ2) is 6.23. The van der Waals surface area contributed by atoms with Crippen molar-refractivity contribution in [1.82, 2.24) is 10.3 Å². The second-order valence-corrected chi connectivity index (χ2v) is 7.08. The number of aromatic amines is 1. The third-order valence-electron chi connectivity index (χ3n) is 5.44. The average Bonchev–Trinajstić information content (AvgIpc) is 3.00. The molecule has 2 N–H and O–H groups in total. The third kappa shape index (κ3) is 2.63. The molecule has 3 heteroatoms. The zero-order chi connectivity index (χ0) is 17.6. The van der Waals surface area contributed by atoms with Crippen LogP contribution in [-0.2, 0) is 12.8 Å². The third-order valence-corrected chi connectivity index (χ3v) is 5.44. The van der Waals surface area contributed by atoms with E-state index in [1.165, 1.54) is 44.4 Å². The zero-order valence-corrected chi connectivity index (χ0v) is 15.5. The normalized spacial score (nSPS) is 16.9. The van der Waals surface area contributed by atoms with E-state index in [0.717, 1.165) is 25.1 Å². The highest BCUT2D eigenvalue weighted by molar-refractivity contribution is 5.88. The number of methoxy groups -OCH3 is 1. The lowest BCUT2D eigenvalue weighted by Gasteiger charge is -2.27. The van der Waals surface area contributed by atoms with Crippen LogP contribution in [0.25, 0.3) is 10.9 Å². The van der Waals surface area contributed by atoms with E-state index in [9.17, 15) is 0 Å². The quantitative estimate of drug-likeness (QED) is 0.735. The molecule has 25 heavy (non-hydrogen) atoms. The van der Waals surface area contributed by atoms with Gasteiger partial charge in [-0.15, -0.1) is 0 Å². The molecule has 3 aromatic rings. The van der Waals surface area contributed by atoms with Crippen molar-refractivity contribution < 1.29 is 4.74 Å². The van der Waals surface area contributed by atoms with Crippen molar-refractivity contribution in [2.45, 2.75) is 39.7 Å². The molecule has 3 nitrogen and oxygen atoms in total. The lowest BCUT2D eigenvalue weighted by atomic mass is 9.90. The monoisotopic (exact) mass is 334 g/mol. The molecule has 0 amide bonds. The summed E-state index contributed by atoms with van der Waals surface area (Å²) in [5, 5.41) is 5.12. The van der Waals surface area contributed by atoms with Crippen molar-refractivity contribution in [2.75, 3.05) is 13.7 Å². The minimum Gasteiger partial charge on any atom is -0.497 e. The van der Waals surface area contributed by atoms with Crippen LogP contribution in [0.15, 0.2) is 30.3 Å². The molecule has 0 saturated carbocycles. The van der Waals surface area contributed by atoms with Crippen LogP contribution in [0.3, 0.4) is 0 Å². The highest BCUT2D eigenvalue weighted by Crippen LogP contribution is 2.37. The van der Waals surface area contributed by atoms with Gasteiger partial charge in [0.25, 0.3) is 0 Å². The van der Waals surface area contributed by atoms with E-state index < -0.39 is 0 Å². The van der Waals surface area contributed by atoms with Gasteiger partial charge >= 0.3 is 0 Å². The molecule has 1 unspecified atom stereocenters. The molecular formula is C22H26N2O. The number of rotatable bonds is 3. The van der Waals surface area contributed by atoms with Crippen LogP contribution in [0.1, 0.15) is 46.5 Å². The van der Waals surface area contributed by atoms with Gasteiger partial charge in [0.05, 0.1) is 13.2 Å². The Bertz CT molecular complexity index is 939. The Hall–Kier alpha value is -2.26. The van der Waals surface area contributed by atoms with Crippen molar-refractivity contribution in [3.63, 3.8) is 0 Å². The summed E-state index contributed by atoms with van der Waals surface area (Å²) in [7, 11) is 1.73. The van der Waals surface area contributed by atoms with Crippen LogP contribution < -0.4 is 10.1 Å². The predicted octanol–water partition coefficient (Wildman–Crippen LogP) is 4.59. The number of H-pyrrole nitrogens is 1. The summed E-state index contributed by atoms with van der Waals surface area (Å²) in [6.07, 6.45) is 2.07. The van der Waals surface area contributed by atoms with E-state index in [1.54, 1.807) is 7.11 Å². The van der Waals surface area contributed by atoms with Gasteiger partial charge in [0, 0.05) is 23.1 Å². The maximum absolute atomic E-state index is 5.42. The molecule has 0 radical (unpaired) electrons. The first-order valence-electron chi connectivity index (χ1n) is 9.14. The molecule has 2 aromatic carbocycles. The Labute approximate surface area is 149 Å². The number of hydrogen-bond acceptors (Lipinski definition) is 2. The van der Waals surface area contributed by atoms with Gasteiger partial charge in [0.1, 0.15) is 5.75 Å². The van der Waals surface area contributed by atoms with E-state index in [-0.39, 0.29) is 6.04 Å². The fourth-order valence-corrected chi connectivity index (χ4v) is 4.25. The first-order chi connectivity index (χ1) is 12.1. The number of fused-ring (bicyclic) bond motifs is 3. The minimum atomic E-state index is 0.219. The first kappa shape index (κ1) is 16.2. The summed E-state index contributed by atoms with van der Waals surface area (Å²) in [5.74, 6) is 0.930. The smallest absolute Gasteiger partial charge is 0.119 e. The number of aromatic nitrogens is 1. The number of nitrogens with one attached hydrogen (secondary N) is 2. The highest BCUT2D eigenvalue weighted by atomic mass is 16.5. The fourth-order valence-electron chi connectivity index (χ4n) is 4.25. The summed E-state index contributed by atoms with van der Waals surface area (Å²) in [5.41, 5.74) is 9.45. The van der Waals surface area contributed by atoms with Gasteiger partial charge in [-0.25, -0.2) is 0 Å². The van der Waals surface area contributed by atoms with Crippen molar-refractivity contribution in [3.8, 4) is 5.75 Å². The highest BCUT2D eigenvalue weighted by Gasteiger charge is 2.27. The molecule has 0 saturated heterocycles. The van der Waals surface area contributed by atoms with Crippen molar-refractivity contribution in [3.05, 3.63) is 63.8 Å².